The summed E-state index contributed by atoms with van der Waals surface area (Å²) in [5.41, 5.74) is 0.578. The highest BCUT2D eigenvalue weighted by Gasteiger charge is 2.36. The second-order valence-electron chi connectivity index (χ2n) is 5.27. The lowest BCUT2D eigenvalue weighted by Gasteiger charge is -2.27. The molecule has 1 aromatic carbocycles. The predicted octanol–water partition coefficient (Wildman–Crippen LogP) is 4.00. The van der Waals surface area contributed by atoms with Gasteiger partial charge in [0, 0.05) is 10.0 Å². The van der Waals surface area contributed by atoms with E-state index in [1.54, 1.807) is 12.1 Å². The fraction of sp³-hybridized carbons (Fsp3) is 0.500. The summed E-state index contributed by atoms with van der Waals surface area (Å²) in [6.45, 7) is 0. The quantitative estimate of drug-likeness (QED) is 0.473. The highest BCUT2D eigenvalue weighted by molar-refractivity contribution is 9.10. The van der Waals surface area contributed by atoms with Crippen molar-refractivity contribution >= 4 is 27.7 Å². The molecule has 1 aliphatic rings. The number of ether oxygens (including phenoxy) is 1. The first kappa shape index (κ1) is 15.2. The van der Waals surface area contributed by atoms with Gasteiger partial charge >= 0.3 is 5.97 Å². The molecule has 108 valence electrons. The highest BCUT2D eigenvalue weighted by atomic mass is 79.9. The molecule has 1 unspecified atom stereocenters. The zero-order chi connectivity index (χ0) is 14.5. The molecule has 20 heavy (non-hydrogen) atoms. The topological polar surface area (TPSA) is 43.4 Å². The van der Waals surface area contributed by atoms with Crippen molar-refractivity contribution in [2.24, 2.45) is 11.8 Å². The van der Waals surface area contributed by atoms with Gasteiger partial charge in [-0.3, -0.25) is 9.59 Å². The van der Waals surface area contributed by atoms with Crippen LogP contribution in [-0.4, -0.2) is 18.9 Å². The van der Waals surface area contributed by atoms with Gasteiger partial charge in [-0.15, -0.1) is 0 Å². The number of rotatable bonds is 4. The number of esters is 1. The van der Waals surface area contributed by atoms with Crippen LogP contribution in [0.1, 0.15) is 42.5 Å². The lowest BCUT2D eigenvalue weighted by atomic mass is 9.77. The monoisotopic (exact) mass is 338 g/mol. The molecule has 0 radical (unpaired) electrons. The molecule has 0 amide bonds. The van der Waals surface area contributed by atoms with E-state index >= 15 is 0 Å². The third kappa shape index (κ3) is 3.48. The minimum Gasteiger partial charge on any atom is -0.468 e. The number of carbonyl (C=O) groups excluding carboxylic acids is 2. The zero-order valence-electron chi connectivity index (χ0n) is 11.6. The van der Waals surface area contributed by atoms with E-state index in [0.717, 1.165) is 30.2 Å². The first-order valence-corrected chi connectivity index (χ1v) is 7.80. The van der Waals surface area contributed by atoms with Crippen LogP contribution >= 0.6 is 15.9 Å². The van der Waals surface area contributed by atoms with E-state index in [-0.39, 0.29) is 11.7 Å². The summed E-state index contributed by atoms with van der Waals surface area (Å²) in [6.07, 6.45) is 5.23. The number of Topliss-reactive ketones (excluding diaryl/α,β-unsaturated/α-hetero) is 1. The molecule has 1 aliphatic carbocycles. The number of hydrogen-bond acceptors (Lipinski definition) is 3. The standard InChI is InChI=1S/C16H19BrO3/c1-20-16(19)14(11-5-3-2-4-6-11)15(18)12-7-9-13(17)10-8-12/h7-11,14H,2-6H2,1H3. The Morgan fingerprint density at radius 2 is 1.75 bits per heavy atom. The number of carbonyl (C=O) groups is 2. The molecule has 0 spiro atoms. The van der Waals surface area contributed by atoms with E-state index in [2.05, 4.69) is 15.9 Å². The van der Waals surface area contributed by atoms with E-state index < -0.39 is 11.9 Å². The van der Waals surface area contributed by atoms with E-state index in [0.29, 0.717) is 5.56 Å². The number of halogens is 1. The van der Waals surface area contributed by atoms with Gasteiger partial charge in [-0.1, -0.05) is 47.3 Å². The largest absolute Gasteiger partial charge is 0.468 e. The Labute approximate surface area is 127 Å². The molecule has 4 heteroatoms. The molecule has 0 heterocycles. The molecular weight excluding hydrogens is 320 g/mol. The van der Waals surface area contributed by atoms with Gasteiger partial charge in [-0.05, 0) is 30.9 Å². The Kier molecular flexibility index (Phi) is 5.35. The molecule has 0 aromatic heterocycles. The van der Waals surface area contributed by atoms with Gasteiger partial charge in [0.25, 0.3) is 0 Å². The van der Waals surface area contributed by atoms with Gasteiger partial charge in [0.1, 0.15) is 5.92 Å². The van der Waals surface area contributed by atoms with Crippen molar-refractivity contribution in [3.8, 4) is 0 Å². The summed E-state index contributed by atoms with van der Waals surface area (Å²) >= 11 is 3.35. The average Bonchev–Trinajstić information content (AvgIpc) is 2.49. The molecule has 0 aliphatic heterocycles. The lowest BCUT2D eigenvalue weighted by molar-refractivity contribution is -0.145. The summed E-state index contributed by atoms with van der Waals surface area (Å²) < 4.78 is 5.78. The molecule has 1 fully saturated rings. The van der Waals surface area contributed by atoms with E-state index in [1.807, 2.05) is 12.1 Å². The Hall–Kier alpha value is -1.16. The number of methoxy groups -OCH3 is 1. The normalized spacial score (nSPS) is 17.5. The number of benzene rings is 1. The first-order valence-electron chi connectivity index (χ1n) is 7.01. The number of hydrogen-bond donors (Lipinski definition) is 0. The Morgan fingerprint density at radius 3 is 2.30 bits per heavy atom. The summed E-state index contributed by atoms with van der Waals surface area (Å²) in [5, 5.41) is 0. The van der Waals surface area contributed by atoms with Gasteiger partial charge in [-0.2, -0.15) is 0 Å². The smallest absolute Gasteiger partial charge is 0.316 e. The highest BCUT2D eigenvalue weighted by Crippen LogP contribution is 2.33. The van der Waals surface area contributed by atoms with E-state index in [9.17, 15) is 9.59 Å². The molecule has 1 aromatic rings. The molecule has 1 saturated carbocycles. The third-order valence-electron chi connectivity index (χ3n) is 3.99. The second kappa shape index (κ2) is 7.02. The van der Waals surface area contributed by atoms with Gasteiger partial charge in [0.2, 0.25) is 0 Å². The van der Waals surface area contributed by atoms with Gasteiger partial charge in [0.15, 0.2) is 5.78 Å². The summed E-state index contributed by atoms with van der Waals surface area (Å²) in [7, 11) is 1.35. The lowest BCUT2D eigenvalue weighted by Crippen LogP contribution is -2.33. The fourth-order valence-corrected chi connectivity index (χ4v) is 3.17. The van der Waals surface area contributed by atoms with Crippen molar-refractivity contribution in [3.63, 3.8) is 0 Å². The molecule has 3 nitrogen and oxygen atoms in total. The minimum atomic E-state index is -0.651. The molecule has 0 saturated heterocycles. The van der Waals surface area contributed by atoms with Crippen molar-refractivity contribution < 1.29 is 14.3 Å². The molecule has 2 rings (SSSR count). The van der Waals surface area contributed by atoms with Crippen molar-refractivity contribution in [2.45, 2.75) is 32.1 Å². The maximum absolute atomic E-state index is 12.6. The SMILES string of the molecule is COC(=O)C(C(=O)c1ccc(Br)cc1)C1CCCCC1. The van der Waals surface area contributed by atoms with Crippen LogP contribution in [0.5, 0.6) is 0 Å². The van der Waals surface area contributed by atoms with E-state index in [1.165, 1.54) is 13.5 Å². The maximum Gasteiger partial charge on any atom is 0.316 e. The molecule has 0 N–H and O–H groups in total. The Bertz CT molecular complexity index is 475. The van der Waals surface area contributed by atoms with Crippen LogP contribution in [0.3, 0.4) is 0 Å². The van der Waals surface area contributed by atoms with Crippen LogP contribution in [0.25, 0.3) is 0 Å². The van der Waals surface area contributed by atoms with Crippen LogP contribution in [0.2, 0.25) is 0 Å². The summed E-state index contributed by atoms with van der Waals surface area (Å²) in [5.74, 6) is -1.05. The molecule has 0 bridgehead atoms. The Morgan fingerprint density at radius 1 is 1.15 bits per heavy atom. The summed E-state index contributed by atoms with van der Waals surface area (Å²) in [4.78, 5) is 24.7. The van der Waals surface area contributed by atoms with Gasteiger partial charge < -0.3 is 4.74 Å². The fourth-order valence-electron chi connectivity index (χ4n) is 2.90. The third-order valence-corrected chi connectivity index (χ3v) is 4.52. The van der Waals surface area contributed by atoms with Gasteiger partial charge in [-0.25, -0.2) is 0 Å². The van der Waals surface area contributed by atoms with Crippen LogP contribution in [0.15, 0.2) is 28.7 Å². The molecule has 1 atom stereocenters. The van der Waals surface area contributed by atoms with Crippen LogP contribution in [0, 0.1) is 11.8 Å². The predicted molar refractivity (Wildman–Crippen MR) is 80.6 cm³/mol. The average molecular weight is 339 g/mol. The van der Waals surface area contributed by atoms with Crippen molar-refractivity contribution in [1.82, 2.24) is 0 Å². The summed E-state index contributed by atoms with van der Waals surface area (Å²) in [6, 6.07) is 7.15. The first-order chi connectivity index (χ1) is 9.63. The van der Waals surface area contributed by atoms with Gasteiger partial charge in [0.05, 0.1) is 7.11 Å². The Balaban J connectivity index is 2.23. The molecular formula is C16H19BrO3. The van der Waals surface area contributed by atoms with E-state index in [4.69, 9.17) is 4.74 Å². The minimum absolute atomic E-state index is 0.115. The zero-order valence-corrected chi connectivity index (χ0v) is 13.2. The van der Waals surface area contributed by atoms with Crippen LogP contribution < -0.4 is 0 Å². The maximum atomic E-state index is 12.6. The van der Waals surface area contributed by atoms with Crippen LogP contribution in [0.4, 0.5) is 0 Å². The second-order valence-corrected chi connectivity index (χ2v) is 6.19. The van der Waals surface area contributed by atoms with Crippen molar-refractivity contribution in [2.75, 3.05) is 7.11 Å². The number of ketones is 1. The van der Waals surface area contributed by atoms with Crippen LogP contribution in [-0.2, 0) is 9.53 Å². The van der Waals surface area contributed by atoms with Crippen molar-refractivity contribution in [1.29, 1.82) is 0 Å². The van der Waals surface area contributed by atoms with Crippen molar-refractivity contribution in [3.05, 3.63) is 34.3 Å².